The van der Waals surface area contributed by atoms with Crippen LogP contribution < -0.4 is 0 Å². The van der Waals surface area contributed by atoms with Crippen molar-refractivity contribution in [3.8, 4) is 0 Å². The van der Waals surface area contributed by atoms with Crippen molar-refractivity contribution in [2.45, 2.75) is 31.3 Å². The molecule has 0 bridgehead atoms. The molecule has 1 aliphatic carbocycles. The predicted octanol–water partition coefficient (Wildman–Crippen LogP) is 2.07. The third-order valence-corrected chi connectivity index (χ3v) is 5.33. The van der Waals surface area contributed by atoms with Gasteiger partial charge < -0.3 is 4.74 Å². The van der Waals surface area contributed by atoms with Crippen molar-refractivity contribution >= 4 is 15.9 Å². The van der Waals surface area contributed by atoms with Crippen molar-refractivity contribution in [1.82, 2.24) is 14.7 Å². The quantitative estimate of drug-likeness (QED) is 0.837. The van der Waals surface area contributed by atoms with E-state index in [9.17, 15) is 0 Å². The van der Waals surface area contributed by atoms with E-state index < -0.39 is 0 Å². The largest absolute Gasteiger partial charge is 0.377 e. The van der Waals surface area contributed by atoms with Gasteiger partial charge >= 0.3 is 0 Å². The number of aromatic nitrogens is 2. The van der Waals surface area contributed by atoms with E-state index in [0.29, 0.717) is 17.0 Å². The Hall–Kier alpha value is -0.390. The van der Waals surface area contributed by atoms with Crippen LogP contribution in [-0.2, 0) is 4.74 Å². The molecule has 0 amide bonds. The van der Waals surface area contributed by atoms with Gasteiger partial charge in [0.05, 0.1) is 35.5 Å². The van der Waals surface area contributed by atoms with Crippen molar-refractivity contribution in [1.29, 1.82) is 0 Å². The topological polar surface area (TPSA) is 30.3 Å². The highest BCUT2D eigenvalue weighted by Gasteiger charge is 2.58. The van der Waals surface area contributed by atoms with E-state index in [-0.39, 0.29) is 0 Å². The fraction of sp³-hybridized carbons (Fsp3) is 0.769. The monoisotopic (exact) mass is 311 g/mol. The minimum atomic E-state index is 0.338. The van der Waals surface area contributed by atoms with Crippen molar-refractivity contribution in [2.24, 2.45) is 5.41 Å². The van der Waals surface area contributed by atoms with Crippen LogP contribution in [0.5, 0.6) is 0 Å². The summed E-state index contributed by atoms with van der Waals surface area (Å²) in [6.45, 7) is 6.67. The van der Waals surface area contributed by atoms with E-state index >= 15 is 0 Å². The second-order valence-corrected chi connectivity index (χ2v) is 7.46. The Balaban J connectivity index is 1.35. The van der Waals surface area contributed by atoms with E-state index in [0.717, 1.165) is 17.7 Å². The standard InChI is InChI=1S/C13H18BrN3O/c1-12(8-18-9-12)16-6-13(7-16)2-11(3-13)17-5-10(14)4-15-17/h4-5,11H,2-3,6-9H2,1H3. The van der Waals surface area contributed by atoms with Crippen LogP contribution >= 0.6 is 15.9 Å². The molecule has 0 aromatic carbocycles. The molecule has 1 saturated carbocycles. The van der Waals surface area contributed by atoms with Crippen LogP contribution in [0.4, 0.5) is 0 Å². The molecule has 2 saturated heterocycles. The number of likely N-dealkylation sites (tertiary alicyclic amines) is 1. The third kappa shape index (κ3) is 1.53. The van der Waals surface area contributed by atoms with Gasteiger partial charge in [-0.1, -0.05) is 0 Å². The van der Waals surface area contributed by atoms with Crippen LogP contribution in [0.25, 0.3) is 0 Å². The maximum Gasteiger partial charge on any atom is 0.0671 e. The summed E-state index contributed by atoms with van der Waals surface area (Å²) in [5.74, 6) is 0. The molecule has 4 nitrogen and oxygen atoms in total. The van der Waals surface area contributed by atoms with Crippen molar-refractivity contribution in [2.75, 3.05) is 26.3 Å². The summed E-state index contributed by atoms with van der Waals surface area (Å²) in [4.78, 5) is 2.60. The Kier molecular flexibility index (Phi) is 2.28. The molecule has 4 rings (SSSR count). The average molecular weight is 312 g/mol. The molecule has 18 heavy (non-hydrogen) atoms. The Morgan fingerprint density at radius 2 is 2.11 bits per heavy atom. The molecule has 0 unspecified atom stereocenters. The van der Waals surface area contributed by atoms with E-state index in [4.69, 9.17) is 4.74 Å². The SMILES string of the molecule is CC1(N2CC3(CC(n4cc(Br)cn4)C3)C2)COC1. The van der Waals surface area contributed by atoms with E-state index in [1.807, 2.05) is 6.20 Å². The third-order valence-electron chi connectivity index (χ3n) is 4.92. The molecule has 3 heterocycles. The highest BCUT2D eigenvalue weighted by atomic mass is 79.9. The van der Waals surface area contributed by atoms with Gasteiger partial charge in [-0.2, -0.15) is 5.10 Å². The Labute approximate surface area is 115 Å². The Bertz CT molecular complexity index is 468. The first-order valence-corrected chi connectivity index (χ1v) is 7.41. The molecule has 1 aromatic rings. The fourth-order valence-electron chi connectivity index (χ4n) is 3.62. The zero-order valence-electron chi connectivity index (χ0n) is 10.6. The molecular weight excluding hydrogens is 294 g/mol. The van der Waals surface area contributed by atoms with Crippen LogP contribution in [-0.4, -0.2) is 46.5 Å². The highest BCUT2D eigenvalue weighted by Crippen LogP contribution is 2.55. The van der Waals surface area contributed by atoms with Gasteiger partial charge in [0.25, 0.3) is 0 Å². The van der Waals surface area contributed by atoms with Crippen LogP contribution in [0.15, 0.2) is 16.9 Å². The van der Waals surface area contributed by atoms with Gasteiger partial charge in [0, 0.05) is 19.3 Å². The number of nitrogens with zero attached hydrogens (tertiary/aromatic N) is 3. The van der Waals surface area contributed by atoms with Gasteiger partial charge in [-0.05, 0) is 41.1 Å². The zero-order valence-corrected chi connectivity index (χ0v) is 12.2. The summed E-state index contributed by atoms with van der Waals surface area (Å²) in [5.41, 5.74) is 0.923. The molecular formula is C13H18BrN3O. The van der Waals surface area contributed by atoms with Crippen LogP contribution in [0, 0.1) is 5.41 Å². The van der Waals surface area contributed by atoms with Gasteiger partial charge in [-0.15, -0.1) is 0 Å². The van der Waals surface area contributed by atoms with Gasteiger partial charge in [-0.3, -0.25) is 9.58 Å². The molecule has 0 N–H and O–H groups in total. The molecule has 98 valence electrons. The van der Waals surface area contributed by atoms with Gasteiger partial charge in [-0.25, -0.2) is 0 Å². The van der Waals surface area contributed by atoms with Crippen LogP contribution in [0.3, 0.4) is 0 Å². The van der Waals surface area contributed by atoms with Crippen molar-refractivity contribution in [3.05, 3.63) is 16.9 Å². The van der Waals surface area contributed by atoms with Crippen molar-refractivity contribution < 1.29 is 4.74 Å². The lowest BCUT2D eigenvalue weighted by molar-refractivity contribution is -0.210. The van der Waals surface area contributed by atoms with Gasteiger partial charge in [0.2, 0.25) is 0 Å². The average Bonchev–Trinajstić information content (AvgIpc) is 2.58. The first-order chi connectivity index (χ1) is 8.59. The summed E-state index contributed by atoms with van der Waals surface area (Å²) in [6, 6.07) is 0.615. The highest BCUT2D eigenvalue weighted by molar-refractivity contribution is 9.10. The molecule has 2 aliphatic heterocycles. The van der Waals surface area contributed by atoms with Crippen LogP contribution in [0.1, 0.15) is 25.8 Å². The molecule has 0 atom stereocenters. The first-order valence-electron chi connectivity index (χ1n) is 6.61. The normalized spacial score (nSPS) is 29.7. The fourth-order valence-corrected chi connectivity index (χ4v) is 3.93. The second-order valence-electron chi connectivity index (χ2n) is 6.55. The van der Waals surface area contributed by atoms with E-state index in [1.165, 1.54) is 25.9 Å². The summed E-state index contributed by atoms with van der Waals surface area (Å²) in [6.07, 6.45) is 6.54. The maximum absolute atomic E-state index is 5.35. The summed E-state index contributed by atoms with van der Waals surface area (Å²) < 4.78 is 8.55. The minimum absolute atomic E-state index is 0.338. The number of halogens is 1. The minimum Gasteiger partial charge on any atom is -0.377 e. The lowest BCUT2D eigenvalue weighted by atomic mass is 9.59. The van der Waals surface area contributed by atoms with E-state index in [1.54, 1.807) is 0 Å². The zero-order chi connectivity index (χ0) is 12.4. The summed E-state index contributed by atoms with van der Waals surface area (Å²) >= 11 is 3.46. The summed E-state index contributed by atoms with van der Waals surface area (Å²) in [7, 11) is 0. The van der Waals surface area contributed by atoms with Gasteiger partial charge in [0.15, 0.2) is 0 Å². The van der Waals surface area contributed by atoms with Crippen molar-refractivity contribution in [3.63, 3.8) is 0 Å². The molecule has 5 heteroatoms. The maximum atomic E-state index is 5.35. The smallest absolute Gasteiger partial charge is 0.0671 e. The molecule has 3 aliphatic rings. The number of hydrogen-bond acceptors (Lipinski definition) is 3. The Morgan fingerprint density at radius 1 is 1.39 bits per heavy atom. The van der Waals surface area contributed by atoms with Crippen LogP contribution in [0.2, 0.25) is 0 Å². The predicted molar refractivity (Wildman–Crippen MR) is 71.4 cm³/mol. The lowest BCUT2D eigenvalue weighted by Crippen LogP contribution is -2.73. The molecule has 3 fully saturated rings. The molecule has 1 aromatic heterocycles. The lowest BCUT2D eigenvalue weighted by Gasteiger charge is -2.65. The molecule has 1 spiro atoms. The number of hydrogen-bond donors (Lipinski definition) is 0. The summed E-state index contributed by atoms with van der Waals surface area (Å²) in [5, 5.41) is 4.39. The number of ether oxygens (including phenoxy) is 1. The van der Waals surface area contributed by atoms with Gasteiger partial charge in [0.1, 0.15) is 0 Å². The first kappa shape index (κ1) is 11.4. The van der Waals surface area contributed by atoms with E-state index in [2.05, 4.69) is 43.7 Å². The Morgan fingerprint density at radius 3 is 2.61 bits per heavy atom. The second kappa shape index (κ2) is 3.58. The number of rotatable bonds is 2. The molecule has 0 radical (unpaired) electrons.